The third-order valence-electron chi connectivity index (χ3n) is 1.93. The van der Waals surface area contributed by atoms with E-state index in [1.165, 1.54) is 18.2 Å². The van der Waals surface area contributed by atoms with Gasteiger partial charge in [-0.25, -0.2) is 13.2 Å². The minimum atomic E-state index is -3.88. The number of halogens is 1. The summed E-state index contributed by atoms with van der Waals surface area (Å²) in [4.78, 5) is 17.7. The molecule has 0 bridgehead atoms. The second-order valence-corrected chi connectivity index (χ2v) is 7.22. The molecule has 0 saturated heterocycles. The molecule has 0 spiro atoms. The number of aromatic carboxylic acids is 1. The molecule has 6 nitrogen and oxygen atoms in total. The fourth-order valence-electron chi connectivity index (χ4n) is 1.08. The lowest BCUT2D eigenvalue weighted by Crippen LogP contribution is -2.33. The monoisotopic (exact) mass is 351 g/mol. The van der Waals surface area contributed by atoms with Crippen LogP contribution in [0, 0.1) is 0 Å². The van der Waals surface area contributed by atoms with Gasteiger partial charge in [0, 0.05) is 4.47 Å². The molecule has 0 unspecified atom stereocenters. The Morgan fingerprint density at radius 2 is 1.95 bits per heavy atom. The number of benzene rings is 1. The first-order chi connectivity index (χ1) is 8.53. The van der Waals surface area contributed by atoms with Crippen molar-refractivity contribution in [3.8, 4) is 0 Å². The van der Waals surface area contributed by atoms with Crippen LogP contribution in [-0.2, 0) is 14.9 Å². The van der Waals surface area contributed by atoms with Crippen molar-refractivity contribution in [1.82, 2.24) is 4.89 Å². The van der Waals surface area contributed by atoms with Gasteiger partial charge in [0.25, 0.3) is 10.0 Å². The van der Waals surface area contributed by atoms with Gasteiger partial charge in [0.15, 0.2) is 0 Å². The zero-order valence-electron chi connectivity index (χ0n) is 10.6. The third kappa shape index (κ3) is 4.57. The molecule has 2 N–H and O–H groups in total. The van der Waals surface area contributed by atoms with E-state index in [1.807, 2.05) is 4.89 Å². The van der Waals surface area contributed by atoms with E-state index in [0.717, 1.165) is 0 Å². The van der Waals surface area contributed by atoms with E-state index in [2.05, 4.69) is 15.9 Å². The highest BCUT2D eigenvalue weighted by molar-refractivity contribution is 9.10. The van der Waals surface area contributed by atoms with Crippen LogP contribution in [-0.4, -0.2) is 25.1 Å². The number of hydrogen-bond acceptors (Lipinski definition) is 4. The van der Waals surface area contributed by atoms with Crippen molar-refractivity contribution in [2.24, 2.45) is 0 Å². The van der Waals surface area contributed by atoms with Crippen LogP contribution >= 0.6 is 15.9 Å². The van der Waals surface area contributed by atoms with Crippen molar-refractivity contribution >= 4 is 31.9 Å². The van der Waals surface area contributed by atoms with Crippen LogP contribution in [0.2, 0.25) is 0 Å². The van der Waals surface area contributed by atoms with Crippen molar-refractivity contribution in [3.05, 3.63) is 28.2 Å². The Bertz CT molecular complexity index is 592. The number of nitrogens with one attached hydrogen (secondary N) is 1. The number of carboxylic acids is 1. The van der Waals surface area contributed by atoms with E-state index >= 15 is 0 Å². The highest BCUT2D eigenvalue weighted by Crippen LogP contribution is 2.23. The zero-order valence-corrected chi connectivity index (χ0v) is 13.0. The van der Waals surface area contributed by atoms with Crippen LogP contribution in [0.3, 0.4) is 0 Å². The van der Waals surface area contributed by atoms with Gasteiger partial charge in [-0.05, 0) is 54.9 Å². The molecule has 0 fully saturated rings. The summed E-state index contributed by atoms with van der Waals surface area (Å²) < 4.78 is 24.1. The van der Waals surface area contributed by atoms with E-state index in [0.29, 0.717) is 0 Å². The first-order valence-electron chi connectivity index (χ1n) is 5.25. The quantitative estimate of drug-likeness (QED) is 0.810. The Balaban J connectivity index is 3.06. The molecule has 0 radical (unpaired) electrons. The van der Waals surface area contributed by atoms with Crippen LogP contribution in [0.25, 0.3) is 0 Å². The van der Waals surface area contributed by atoms with E-state index in [4.69, 9.17) is 9.94 Å². The molecule has 0 aromatic heterocycles. The molecular weight excluding hydrogens is 338 g/mol. The van der Waals surface area contributed by atoms with Crippen LogP contribution < -0.4 is 4.89 Å². The molecular formula is C11H14BrNO5S. The van der Waals surface area contributed by atoms with Crippen LogP contribution in [0.1, 0.15) is 31.1 Å². The minimum Gasteiger partial charge on any atom is -0.478 e. The maximum atomic E-state index is 12.0. The first kappa shape index (κ1) is 16.1. The predicted molar refractivity (Wildman–Crippen MR) is 72.3 cm³/mol. The average Bonchev–Trinajstić information content (AvgIpc) is 2.25. The lowest BCUT2D eigenvalue weighted by atomic mass is 10.2. The topological polar surface area (TPSA) is 92.7 Å². The maximum Gasteiger partial charge on any atom is 0.335 e. The lowest BCUT2D eigenvalue weighted by Gasteiger charge is -2.19. The molecule has 0 aliphatic rings. The molecule has 0 saturated carbocycles. The summed E-state index contributed by atoms with van der Waals surface area (Å²) in [6.45, 7) is 5.08. The summed E-state index contributed by atoms with van der Waals surface area (Å²) >= 11 is 3.03. The molecule has 19 heavy (non-hydrogen) atoms. The maximum absolute atomic E-state index is 12.0. The molecule has 0 aliphatic heterocycles. The van der Waals surface area contributed by atoms with Crippen molar-refractivity contribution in [3.63, 3.8) is 0 Å². The standard InChI is InChI=1S/C11H14BrNO5S/c1-11(2,3)18-13-19(16,17)9-5-4-7(10(14)15)6-8(9)12/h4-6,13H,1-3H3,(H,14,15). The van der Waals surface area contributed by atoms with Gasteiger partial charge in [0.2, 0.25) is 0 Å². The number of carbonyl (C=O) groups is 1. The normalized spacial score (nSPS) is 12.4. The van der Waals surface area contributed by atoms with E-state index in [-0.39, 0.29) is 14.9 Å². The summed E-state index contributed by atoms with van der Waals surface area (Å²) in [5.74, 6) is -1.14. The van der Waals surface area contributed by atoms with E-state index in [9.17, 15) is 13.2 Å². The second-order valence-electron chi connectivity index (χ2n) is 4.75. The highest BCUT2D eigenvalue weighted by Gasteiger charge is 2.22. The summed E-state index contributed by atoms with van der Waals surface area (Å²) in [6, 6.07) is 3.62. The molecule has 1 aromatic rings. The first-order valence-corrected chi connectivity index (χ1v) is 7.53. The molecule has 1 aromatic carbocycles. The zero-order chi connectivity index (χ0) is 14.8. The van der Waals surface area contributed by atoms with Gasteiger partial charge in [-0.1, -0.05) is 4.89 Å². The molecule has 0 aliphatic carbocycles. The third-order valence-corrected chi connectivity index (χ3v) is 4.08. The van der Waals surface area contributed by atoms with Gasteiger partial charge in [-0.15, -0.1) is 0 Å². The Labute approximate surface area is 119 Å². The summed E-state index contributed by atoms with van der Waals surface area (Å²) in [5.41, 5.74) is -0.692. The Hall–Kier alpha value is -0.960. The van der Waals surface area contributed by atoms with Gasteiger partial charge in [0.1, 0.15) is 0 Å². The van der Waals surface area contributed by atoms with Gasteiger partial charge < -0.3 is 5.11 Å². The van der Waals surface area contributed by atoms with Gasteiger partial charge in [0.05, 0.1) is 16.1 Å². The SMILES string of the molecule is CC(C)(C)ONS(=O)(=O)c1ccc(C(=O)O)cc1Br. The predicted octanol–water partition coefficient (Wildman–Crippen LogP) is 2.16. The number of sulfonamides is 1. The molecule has 106 valence electrons. The van der Waals surface area contributed by atoms with Crippen molar-refractivity contribution < 1.29 is 23.2 Å². The van der Waals surface area contributed by atoms with Crippen LogP contribution in [0.5, 0.6) is 0 Å². The molecule has 0 heterocycles. The second kappa shape index (κ2) is 5.58. The summed E-state index contributed by atoms with van der Waals surface area (Å²) in [7, 11) is -3.88. The average molecular weight is 352 g/mol. The fourth-order valence-corrected chi connectivity index (χ4v) is 3.11. The Kier molecular flexibility index (Phi) is 4.72. The smallest absolute Gasteiger partial charge is 0.335 e. The van der Waals surface area contributed by atoms with E-state index in [1.54, 1.807) is 20.8 Å². The molecule has 8 heteroatoms. The lowest BCUT2D eigenvalue weighted by molar-refractivity contribution is -0.0357. The Morgan fingerprint density at radius 1 is 1.37 bits per heavy atom. The molecule has 0 amide bonds. The minimum absolute atomic E-state index is 0.0115. The summed E-state index contributed by atoms with van der Waals surface area (Å²) in [6.07, 6.45) is 0. The van der Waals surface area contributed by atoms with E-state index < -0.39 is 21.6 Å². The van der Waals surface area contributed by atoms with Gasteiger partial charge in [-0.2, -0.15) is 0 Å². The van der Waals surface area contributed by atoms with Crippen molar-refractivity contribution in [2.45, 2.75) is 31.3 Å². The fraction of sp³-hybridized carbons (Fsp3) is 0.364. The van der Waals surface area contributed by atoms with Crippen molar-refractivity contribution in [1.29, 1.82) is 0 Å². The van der Waals surface area contributed by atoms with Gasteiger partial charge >= 0.3 is 5.97 Å². The molecule has 1 rings (SSSR count). The largest absolute Gasteiger partial charge is 0.478 e. The molecule has 0 atom stereocenters. The van der Waals surface area contributed by atoms with Crippen LogP contribution in [0.15, 0.2) is 27.6 Å². The number of hydrogen-bond donors (Lipinski definition) is 2. The Morgan fingerprint density at radius 3 is 2.37 bits per heavy atom. The summed E-state index contributed by atoms with van der Waals surface area (Å²) in [5, 5.41) is 8.80. The highest BCUT2D eigenvalue weighted by atomic mass is 79.9. The number of carboxylic acid groups (broad SMARTS) is 1. The van der Waals surface area contributed by atoms with Crippen LogP contribution in [0.4, 0.5) is 0 Å². The number of rotatable bonds is 4. The van der Waals surface area contributed by atoms with Crippen molar-refractivity contribution in [2.75, 3.05) is 0 Å². The van der Waals surface area contributed by atoms with Gasteiger partial charge in [-0.3, -0.25) is 4.84 Å².